The summed E-state index contributed by atoms with van der Waals surface area (Å²) in [6.45, 7) is 3.07. The van der Waals surface area contributed by atoms with Gasteiger partial charge in [0.1, 0.15) is 5.82 Å². The normalized spacial score (nSPS) is 12.9. The standard InChI is InChI=1S/C10H18N4/c1-8(14(2)3)6-12-9-4-5-10(11)13-7-9/h4-5,7-8,12H,6H2,1-3H3,(H2,11,13). The molecule has 0 saturated heterocycles. The molecule has 0 amide bonds. The van der Waals surface area contributed by atoms with Crippen molar-refractivity contribution in [2.24, 2.45) is 0 Å². The topological polar surface area (TPSA) is 54.2 Å². The molecule has 1 atom stereocenters. The number of hydrogen-bond acceptors (Lipinski definition) is 4. The minimum atomic E-state index is 0.493. The van der Waals surface area contributed by atoms with E-state index in [4.69, 9.17) is 5.73 Å². The summed E-state index contributed by atoms with van der Waals surface area (Å²) in [4.78, 5) is 6.17. The number of nitrogen functional groups attached to an aromatic ring is 1. The summed E-state index contributed by atoms with van der Waals surface area (Å²) in [5.74, 6) is 0.552. The lowest BCUT2D eigenvalue weighted by Gasteiger charge is -2.20. The van der Waals surface area contributed by atoms with Crippen LogP contribution in [0.4, 0.5) is 11.5 Å². The van der Waals surface area contributed by atoms with E-state index in [2.05, 4.69) is 36.2 Å². The average Bonchev–Trinajstić information content (AvgIpc) is 2.16. The van der Waals surface area contributed by atoms with Gasteiger partial charge in [-0.15, -0.1) is 0 Å². The molecule has 78 valence electrons. The molecule has 1 heterocycles. The predicted molar refractivity (Wildman–Crippen MR) is 60.3 cm³/mol. The van der Waals surface area contributed by atoms with Gasteiger partial charge in [0.15, 0.2) is 0 Å². The molecule has 14 heavy (non-hydrogen) atoms. The van der Waals surface area contributed by atoms with E-state index in [0.717, 1.165) is 12.2 Å². The maximum Gasteiger partial charge on any atom is 0.123 e. The van der Waals surface area contributed by atoms with Crippen LogP contribution in [0, 0.1) is 0 Å². The molecule has 0 saturated carbocycles. The Morgan fingerprint density at radius 3 is 2.71 bits per heavy atom. The van der Waals surface area contributed by atoms with Gasteiger partial charge in [0.25, 0.3) is 0 Å². The molecule has 0 spiro atoms. The second-order valence-electron chi connectivity index (χ2n) is 3.67. The fourth-order valence-corrected chi connectivity index (χ4v) is 0.958. The van der Waals surface area contributed by atoms with E-state index >= 15 is 0 Å². The Hall–Kier alpha value is -1.29. The van der Waals surface area contributed by atoms with Crippen LogP contribution in [0.2, 0.25) is 0 Å². The number of anilines is 2. The third-order valence-corrected chi connectivity index (χ3v) is 2.27. The van der Waals surface area contributed by atoms with E-state index in [-0.39, 0.29) is 0 Å². The summed E-state index contributed by atoms with van der Waals surface area (Å²) >= 11 is 0. The lowest BCUT2D eigenvalue weighted by Crippen LogP contribution is -2.31. The van der Waals surface area contributed by atoms with Gasteiger partial charge in [-0.2, -0.15) is 0 Å². The van der Waals surface area contributed by atoms with Crippen LogP contribution < -0.4 is 11.1 Å². The zero-order valence-electron chi connectivity index (χ0n) is 8.99. The highest BCUT2D eigenvalue weighted by Gasteiger charge is 2.03. The summed E-state index contributed by atoms with van der Waals surface area (Å²) in [6.07, 6.45) is 1.75. The third-order valence-electron chi connectivity index (χ3n) is 2.27. The van der Waals surface area contributed by atoms with E-state index in [1.54, 1.807) is 12.3 Å². The number of nitrogens with one attached hydrogen (secondary N) is 1. The van der Waals surface area contributed by atoms with Crippen molar-refractivity contribution in [3.63, 3.8) is 0 Å². The van der Waals surface area contributed by atoms with Crippen LogP contribution in [0.15, 0.2) is 18.3 Å². The van der Waals surface area contributed by atoms with Crippen LogP contribution in [0.3, 0.4) is 0 Å². The van der Waals surface area contributed by atoms with Gasteiger partial charge < -0.3 is 16.0 Å². The van der Waals surface area contributed by atoms with Gasteiger partial charge in [0, 0.05) is 12.6 Å². The zero-order valence-corrected chi connectivity index (χ0v) is 8.99. The van der Waals surface area contributed by atoms with Crippen LogP contribution in [-0.2, 0) is 0 Å². The van der Waals surface area contributed by atoms with E-state index in [9.17, 15) is 0 Å². The molecule has 1 unspecified atom stereocenters. The minimum absolute atomic E-state index is 0.493. The van der Waals surface area contributed by atoms with Crippen molar-refractivity contribution >= 4 is 11.5 Å². The maximum atomic E-state index is 5.48. The molecular weight excluding hydrogens is 176 g/mol. The van der Waals surface area contributed by atoms with Gasteiger partial charge in [-0.1, -0.05) is 0 Å². The molecule has 0 radical (unpaired) electrons. The summed E-state index contributed by atoms with van der Waals surface area (Å²) < 4.78 is 0. The monoisotopic (exact) mass is 194 g/mol. The van der Waals surface area contributed by atoms with Crippen LogP contribution in [0.25, 0.3) is 0 Å². The average molecular weight is 194 g/mol. The molecule has 4 nitrogen and oxygen atoms in total. The van der Waals surface area contributed by atoms with Gasteiger partial charge in [0.05, 0.1) is 11.9 Å². The molecule has 0 aromatic carbocycles. The van der Waals surface area contributed by atoms with Crippen molar-refractivity contribution in [3.8, 4) is 0 Å². The number of nitrogens with two attached hydrogens (primary N) is 1. The van der Waals surface area contributed by atoms with Crippen molar-refractivity contribution < 1.29 is 0 Å². The molecule has 0 fully saturated rings. The van der Waals surface area contributed by atoms with E-state index in [0.29, 0.717) is 11.9 Å². The van der Waals surface area contributed by atoms with Crippen LogP contribution in [0.1, 0.15) is 6.92 Å². The molecule has 0 bridgehead atoms. The molecule has 1 aromatic rings. The Kier molecular flexibility index (Phi) is 3.71. The molecular formula is C10H18N4. The molecule has 3 N–H and O–H groups in total. The summed E-state index contributed by atoms with van der Waals surface area (Å²) in [7, 11) is 4.13. The highest BCUT2D eigenvalue weighted by molar-refractivity contribution is 5.45. The summed E-state index contributed by atoms with van der Waals surface area (Å²) in [6, 6.07) is 4.22. The van der Waals surface area contributed by atoms with Gasteiger partial charge in [-0.25, -0.2) is 4.98 Å². The number of pyridine rings is 1. The maximum absolute atomic E-state index is 5.48. The van der Waals surface area contributed by atoms with E-state index < -0.39 is 0 Å². The first kappa shape index (κ1) is 10.8. The Bertz CT molecular complexity index is 268. The first-order valence-electron chi connectivity index (χ1n) is 4.71. The lowest BCUT2D eigenvalue weighted by molar-refractivity contribution is 0.326. The zero-order chi connectivity index (χ0) is 10.6. The van der Waals surface area contributed by atoms with Gasteiger partial charge in [0.2, 0.25) is 0 Å². The van der Waals surface area contributed by atoms with E-state index in [1.807, 2.05) is 6.07 Å². The fourth-order valence-electron chi connectivity index (χ4n) is 0.958. The number of hydrogen-bond donors (Lipinski definition) is 2. The summed E-state index contributed by atoms with van der Waals surface area (Å²) in [5.41, 5.74) is 6.49. The second-order valence-corrected chi connectivity index (χ2v) is 3.67. The Morgan fingerprint density at radius 2 is 2.21 bits per heavy atom. The van der Waals surface area contributed by atoms with Crippen molar-refractivity contribution in [2.45, 2.75) is 13.0 Å². The Labute approximate surface area is 85.1 Å². The van der Waals surface area contributed by atoms with Gasteiger partial charge in [-0.05, 0) is 33.2 Å². The molecule has 0 aliphatic heterocycles. The first-order chi connectivity index (χ1) is 6.59. The number of likely N-dealkylation sites (N-methyl/N-ethyl adjacent to an activating group) is 1. The Morgan fingerprint density at radius 1 is 1.50 bits per heavy atom. The number of nitrogens with zero attached hydrogens (tertiary/aromatic N) is 2. The first-order valence-corrected chi connectivity index (χ1v) is 4.71. The highest BCUT2D eigenvalue weighted by atomic mass is 15.1. The van der Waals surface area contributed by atoms with Crippen LogP contribution >= 0.6 is 0 Å². The molecule has 0 aliphatic carbocycles. The smallest absolute Gasteiger partial charge is 0.123 e. The third kappa shape index (κ3) is 3.22. The summed E-state index contributed by atoms with van der Waals surface area (Å²) in [5, 5.41) is 3.29. The molecule has 0 aliphatic rings. The van der Waals surface area contributed by atoms with Crippen LogP contribution in [-0.4, -0.2) is 36.6 Å². The Balaban J connectivity index is 2.42. The van der Waals surface area contributed by atoms with E-state index in [1.165, 1.54) is 0 Å². The molecule has 1 aromatic heterocycles. The number of rotatable bonds is 4. The molecule has 1 rings (SSSR count). The van der Waals surface area contributed by atoms with Crippen molar-refractivity contribution in [1.29, 1.82) is 0 Å². The fraction of sp³-hybridized carbons (Fsp3) is 0.500. The van der Waals surface area contributed by atoms with Crippen LogP contribution in [0.5, 0.6) is 0 Å². The minimum Gasteiger partial charge on any atom is -0.384 e. The van der Waals surface area contributed by atoms with Crippen molar-refractivity contribution in [2.75, 3.05) is 31.7 Å². The quantitative estimate of drug-likeness (QED) is 0.751. The largest absolute Gasteiger partial charge is 0.384 e. The second kappa shape index (κ2) is 4.81. The van der Waals surface area contributed by atoms with Gasteiger partial charge >= 0.3 is 0 Å². The lowest BCUT2D eigenvalue weighted by atomic mass is 10.3. The highest BCUT2D eigenvalue weighted by Crippen LogP contribution is 2.07. The SMILES string of the molecule is CC(CNc1ccc(N)nc1)N(C)C. The van der Waals surface area contributed by atoms with Gasteiger partial charge in [-0.3, -0.25) is 0 Å². The van der Waals surface area contributed by atoms with Crippen molar-refractivity contribution in [3.05, 3.63) is 18.3 Å². The molecule has 4 heteroatoms. The predicted octanol–water partition coefficient (Wildman–Crippen LogP) is 1.03. The van der Waals surface area contributed by atoms with Crippen molar-refractivity contribution in [1.82, 2.24) is 9.88 Å². The number of aromatic nitrogens is 1.